The maximum atomic E-state index is 12.6. The van der Waals surface area contributed by atoms with E-state index >= 15 is 0 Å². The molecular formula is C9H12F3N3O2. The molecule has 1 heterocycles. The minimum absolute atomic E-state index is 0.115. The highest BCUT2D eigenvalue weighted by molar-refractivity contribution is 5.75. The van der Waals surface area contributed by atoms with Gasteiger partial charge < -0.3 is 10.5 Å². The van der Waals surface area contributed by atoms with Crippen molar-refractivity contribution in [1.29, 1.82) is 0 Å². The van der Waals surface area contributed by atoms with Crippen molar-refractivity contribution in [2.75, 3.05) is 7.11 Å². The Morgan fingerprint density at radius 3 is 2.65 bits per heavy atom. The van der Waals surface area contributed by atoms with E-state index in [9.17, 15) is 18.0 Å². The molecule has 0 spiro atoms. The molecule has 0 saturated carbocycles. The molecule has 1 rings (SSSR count). The minimum atomic E-state index is -4.57. The number of aromatic nitrogens is 2. The summed E-state index contributed by atoms with van der Waals surface area (Å²) in [5, 5.41) is 5.40. The molecule has 0 radical (unpaired) electrons. The van der Waals surface area contributed by atoms with Gasteiger partial charge in [-0.3, -0.25) is 9.89 Å². The van der Waals surface area contributed by atoms with Gasteiger partial charge in [-0.2, -0.15) is 18.3 Å². The number of nitrogens with zero attached hydrogens (tertiary/aromatic N) is 1. The Kier molecular flexibility index (Phi) is 3.76. The van der Waals surface area contributed by atoms with Gasteiger partial charge in [0, 0.05) is 17.7 Å². The predicted molar refractivity (Wildman–Crippen MR) is 52.0 cm³/mol. The third-order valence-electron chi connectivity index (χ3n) is 2.27. The highest BCUT2D eigenvalue weighted by Crippen LogP contribution is 2.31. The molecule has 0 aliphatic heterocycles. The molecule has 0 bridgehead atoms. The molecule has 1 aromatic rings. The summed E-state index contributed by atoms with van der Waals surface area (Å²) in [7, 11) is 1.12. The lowest BCUT2D eigenvalue weighted by molar-refractivity contribution is -0.144. The Balaban J connectivity index is 2.98. The number of ether oxygens (including phenoxy) is 1. The van der Waals surface area contributed by atoms with Crippen molar-refractivity contribution in [2.45, 2.75) is 25.6 Å². The Labute approximate surface area is 95.1 Å². The van der Waals surface area contributed by atoms with Gasteiger partial charge in [-0.05, 0) is 6.92 Å². The molecule has 0 saturated heterocycles. The molecule has 0 fully saturated rings. The molecule has 0 aromatic carbocycles. The zero-order chi connectivity index (χ0) is 13.2. The fourth-order valence-corrected chi connectivity index (χ4v) is 1.39. The summed E-state index contributed by atoms with van der Waals surface area (Å²) in [5.41, 5.74) is 4.49. The first-order chi connectivity index (χ1) is 7.77. The molecule has 17 heavy (non-hydrogen) atoms. The molecule has 0 aliphatic rings. The number of nitrogens with two attached hydrogens (primary N) is 1. The largest absolute Gasteiger partial charge is 0.468 e. The molecule has 0 unspecified atom stereocenters. The van der Waals surface area contributed by atoms with Gasteiger partial charge in [0.1, 0.15) is 6.04 Å². The Morgan fingerprint density at radius 2 is 2.18 bits per heavy atom. The molecule has 0 amide bonds. The van der Waals surface area contributed by atoms with Crippen LogP contribution in [-0.4, -0.2) is 29.3 Å². The number of halogens is 3. The van der Waals surface area contributed by atoms with Crippen LogP contribution in [0.15, 0.2) is 0 Å². The van der Waals surface area contributed by atoms with Crippen LogP contribution in [0.3, 0.4) is 0 Å². The van der Waals surface area contributed by atoms with E-state index in [0.29, 0.717) is 0 Å². The number of aromatic amines is 1. The van der Waals surface area contributed by atoms with E-state index in [1.807, 2.05) is 0 Å². The van der Waals surface area contributed by atoms with Crippen LogP contribution in [0.4, 0.5) is 13.2 Å². The van der Waals surface area contributed by atoms with Crippen molar-refractivity contribution < 1.29 is 22.7 Å². The number of H-pyrrole nitrogens is 1. The molecule has 1 atom stereocenters. The van der Waals surface area contributed by atoms with Crippen molar-refractivity contribution in [1.82, 2.24) is 10.2 Å². The number of nitrogens with one attached hydrogen (secondary N) is 1. The van der Waals surface area contributed by atoms with Crippen LogP contribution in [0, 0.1) is 6.92 Å². The molecular weight excluding hydrogens is 239 g/mol. The third kappa shape index (κ3) is 2.96. The van der Waals surface area contributed by atoms with Crippen LogP contribution in [0.1, 0.15) is 17.0 Å². The van der Waals surface area contributed by atoms with E-state index in [1.165, 1.54) is 6.92 Å². The van der Waals surface area contributed by atoms with Crippen molar-refractivity contribution in [2.24, 2.45) is 5.73 Å². The second-order valence-corrected chi connectivity index (χ2v) is 3.51. The summed E-state index contributed by atoms with van der Waals surface area (Å²) in [6.07, 6.45) is -4.85. The Morgan fingerprint density at radius 1 is 1.59 bits per heavy atom. The summed E-state index contributed by atoms with van der Waals surface area (Å²) in [6, 6.07) is -1.14. The average Bonchev–Trinajstić information content (AvgIpc) is 2.58. The summed E-state index contributed by atoms with van der Waals surface area (Å²) in [4.78, 5) is 11.1. The van der Waals surface area contributed by atoms with Gasteiger partial charge >= 0.3 is 12.1 Å². The van der Waals surface area contributed by atoms with Gasteiger partial charge in [-0.1, -0.05) is 0 Å². The third-order valence-corrected chi connectivity index (χ3v) is 2.27. The van der Waals surface area contributed by atoms with Crippen molar-refractivity contribution in [3.8, 4) is 0 Å². The first kappa shape index (κ1) is 13.5. The van der Waals surface area contributed by atoms with E-state index in [1.54, 1.807) is 0 Å². The van der Waals surface area contributed by atoms with Crippen LogP contribution >= 0.6 is 0 Å². The van der Waals surface area contributed by atoms with Gasteiger partial charge in [-0.25, -0.2) is 0 Å². The second-order valence-electron chi connectivity index (χ2n) is 3.51. The maximum Gasteiger partial charge on any atom is 0.435 e. The molecule has 3 N–H and O–H groups in total. The number of alkyl halides is 3. The number of hydrogen-bond acceptors (Lipinski definition) is 4. The number of aryl methyl sites for hydroxylation is 1. The number of methoxy groups -OCH3 is 1. The molecule has 0 aliphatic carbocycles. The van der Waals surface area contributed by atoms with Crippen molar-refractivity contribution in [3.05, 3.63) is 17.0 Å². The summed E-state index contributed by atoms with van der Waals surface area (Å²) < 4.78 is 42.0. The smallest absolute Gasteiger partial charge is 0.435 e. The highest BCUT2D eigenvalue weighted by Gasteiger charge is 2.38. The highest BCUT2D eigenvalue weighted by atomic mass is 19.4. The minimum Gasteiger partial charge on any atom is -0.468 e. The summed E-state index contributed by atoms with van der Waals surface area (Å²) in [5.74, 6) is -0.765. The van der Waals surface area contributed by atoms with Gasteiger partial charge in [0.15, 0.2) is 5.69 Å². The average molecular weight is 251 g/mol. The second kappa shape index (κ2) is 4.74. The standard InChI is InChI=1S/C9H12F3N3O2/c1-4-5(3-6(13)8(16)17-2)7(15-14-4)9(10,11)12/h6H,3,13H2,1-2H3,(H,14,15)/t6-/m0/s1. The molecule has 96 valence electrons. The molecule has 1 aromatic heterocycles. The van der Waals surface area contributed by atoms with Gasteiger partial charge in [0.2, 0.25) is 0 Å². The number of carbonyl (C=O) groups excluding carboxylic acids is 1. The number of rotatable bonds is 3. The predicted octanol–water partition coefficient (Wildman–Crippen LogP) is 0.780. The summed E-state index contributed by atoms with van der Waals surface area (Å²) >= 11 is 0. The summed E-state index contributed by atoms with van der Waals surface area (Å²) in [6.45, 7) is 1.43. The Bertz CT molecular complexity index is 414. The fourth-order valence-electron chi connectivity index (χ4n) is 1.39. The lowest BCUT2D eigenvalue weighted by atomic mass is 10.0. The number of esters is 1. The van der Waals surface area contributed by atoms with Gasteiger partial charge in [-0.15, -0.1) is 0 Å². The van der Waals surface area contributed by atoms with Crippen LogP contribution < -0.4 is 5.73 Å². The number of carbonyl (C=O) groups is 1. The van der Waals surface area contributed by atoms with Gasteiger partial charge in [0.25, 0.3) is 0 Å². The SMILES string of the molecule is COC(=O)[C@@H](N)Cc1c(C(F)(F)F)n[nH]c1C. The zero-order valence-electron chi connectivity index (χ0n) is 9.26. The van der Waals surface area contributed by atoms with Crippen molar-refractivity contribution in [3.63, 3.8) is 0 Å². The Hall–Kier alpha value is -1.57. The van der Waals surface area contributed by atoms with Crippen molar-refractivity contribution >= 4 is 5.97 Å². The molecule has 5 nitrogen and oxygen atoms in total. The lowest BCUT2D eigenvalue weighted by Crippen LogP contribution is -2.34. The number of hydrogen-bond donors (Lipinski definition) is 2. The van der Waals surface area contributed by atoms with Crippen LogP contribution in [0.2, 0.25) is 0 Å². The first-order valence-corrected chi connectivity index (χ1v) is 4.71. The molecule has 8 heteroatoms. The maximum absolute atomic E-state index is 12.6. The topological polar surface area (TPSA) is 81.0 Å². The monoisotopic (exact) mass is 251 g/mol. The quantitative estimate of drug-likeness (QED) is 0.778. The van der Waals surface area contributed by atoms with E-state index in [4.69, 9.17) is 5.73 Å². The zero-order valence-corrected chi connectivity index (χ0v) is 9.26. The van der Waals surface area contributed by atoms with Crippen LogP contribution in [-0.2, 0) is 22.1 Å². The van der Waals surface area contributed by atoms with Crippen LogP contribution in [0.5, 0.6) is 0 Å². The van der Waals surface area contributed by atoms with E-state index in [0.717, 1.165) is 7.11 Å². The van der Waals surface area contributed by atoms with E-state index in [2.05, 4.69) is 14.9 Å². The fraction of sp³-hybridized carbons (Fsp3) is 0.556. The van der Waals surface area contributed by atoms with E-state index < -0.39 is 23.9 Å². The van der Waals surface area contributed by atoms with E-state index in [-0.39, 0.29) is 17.7 Å². The van der Waals surface area contributed by atoms with Gasteiger partial charge in [0.05, 0.1) is 7.11 Å². The normalized spacial score (nSPS) is 13.5. The first-order valence-electron chi connectivity index (χ1n) is 4.71. The lowest BCUT2D eigenvalue weighted by Gasteiger charge is -2.11. The van der Waals surface area contributed by atoms with Crippen LogP contribution in [0.25, 0.3) is 0 Å².